The summed E-state index contributed by atoms with van der Waals surface area (Å²) in [6.45, 7) is 2.67. The molecular weight excluding hydrogens is 459 g/mol. The second-order valence-electron chi connectivity index (χ2n) is 8.87. The van der Waals surface area contributed by atoms with Crippen molar-refractivity contribution in [1.29, 1.82) is 0 Å². The van der Waals surface area contributed by atoms with Gasteiger partial charge in [-0.15, -0.1) is 0 Å². The van der Waals surface area contributed by atoms with Crippen molar-refractivity contribution in [3.8, 4) is 0 Å². The zero-order chi connectivity index (χ0) is 25.2. The van der Waals surface area contributed by atoms with E-state index in [1.165, 1.54) is 4.90 Å². The number of amides is 2. The molecule has 0 radical (unpaired) electrons. The predicted molar refractivity (Wildman–Crippen MR) is 126 cm³/mol. The maximum absolute atomic E-state index is 13.2. The smallest absolute Gasteiger partial charge is 0.394 e. The molecule has 1 spiro atoms. The summed E-state index contributed by atoms with van der Waals surface area (Å²) in [5, 5.41) is 0. The van der Waals surface area contributed by atoms with Crippen molar-refractivity contribution >= 4 is 29.5 Å². The molecule has 4 rings (SSSR count). The summed E-state index contributed by atoms with van der Waals surface area (Å²) >= 11 is 0. The molecule has 2 aliphatic rings. The highest BCUT2D eigenvalue weighted by Gasteiger charge is 2.49. The van der Waals surface area contributed by atoms with Crippen LogP contribution in [0.5, 0.6) is 0 Å². The van der Waals surface area contributed by atoms with Crippen LogP contribution in [0.4, 0.5) is 24.7 Å². The molecule has 7 nitrogen and oxygen atoms in total. The number of carbonyl (C=O) groups is 2. The van der Waals surface area contributed by atoms with Gasteiger partial charge in [0.05, 0.1) is 16.7 Å². The van der Waals surface area contributed by atoms with Gasteiger partial charge in [0, 0.05) is 32.0 Å². The molecule has 0 aliphatic carbocycles. The Morgan fingerprint density at radius 3 is 2.43 bits per heavy atom. The monoisotopic (exact) mass is 485 g/mol. The fourth-order valence-corrected chi connectivity index (χ4v) is 4.48. The Morgan fingerprint density at radius 1 is 1.11 bits per heavy atom. The summed E-state index contributed by atoms with van der Waals surface area (Å²) in [4.78, 5) is 37.4. The third-order valence-electron chi connectivity index (χ3n) is 6.69. The van der Waals surface area contributed by atoms with Crippen LogP contribution in [0, 0.1) is 5.41 Å². The van der Waals surface area contributed by atoms with Crippen molar-refractivity contribution < 1.29 is 22.8 Å². The molecule has 2 aliphatic heterocycles. The lowest BCUT2D eigenvalue weighted by atomic mass is 9.77. The minimum absolute atomic E-state index is 0.000659. The van der Waals surface area contributed by atoms with E-state index in [2.05, 4.69) is 9.98 Å². The van der Waals surface area contributed by atoms with Crippen LogP contribution in [0.25, 0.3) is 0 Å². The molecule has 1 aromatic carbocycles. The van der Waals surface area contributed by atoms with Crippen molar-refractivity contribution in [3.63, 3.8) is 0 Å². The summed E-state index contributed by atoms with van der Waals surface area (Å²) in [6.07, 6.45) is -0.569. The van der Waals surface area contributed by atoms with E-state index in [-0.39, 0.29) is 29.9 Å². The first-order chi connectivity index (χ1) is 16.6. The number of benzene rings is 1. The number of nitrogens with two attached hydrogens (primary N) is 1. The van der Waals surface area contributed by atoms with E-state index >= 15 is 0 Å². The van der Waals surface area contributed by atoms with Crippen LogP contribution in [-0.2, 0) is 15.8 Å². The molecule has 35 heavy (non-hydrogen) atoms. The zero-order valence-corrected chi connectivity index (χ0v) is 19.3. The molecule has 2 N–H and O–H groups in total. The molecule has 2 amide bonds. The van der Waals surface area contributed by atoms with Gasteiger partial charge in [-0.1, -0.05) is 18.2 Å². The third kappa shape index (κ3) is 5.06. The second kappa shape index (κ2) is 9.52. The first-order valence-corrected chi connectivity index (χ1v) is 11.3. The average molecular weight is 486 g/mol. The Balaban J connectivity index is 1.41. The van der Waals surface area contributed by atoms with Crippen LogP contribution in [0.1, 0.15) is 31.7 Å². The summed E-state index contributed by atoms with van der Waals surface area (Å²) < 4.78 is 39.3. The lowest BCUT2D eigenvalue weighted by Crippen LogP contribution is -2.48. The molecule has 0 atom stereocenters. The summed E-state index contributed by atoms with van der Waals surface area (Å²) in [6, 6.07) is 11.1. The van der Waals surface area contributed by atoms with Crippen LogP contribution in [0.2, 0.25) is 0 Å². The quantitative estimate of drug-likeness (QED) is 0.522. The van der Waals surface area contributed by atoms with E-state index < -0.39 is 17.2 Å². The van der Waals surface area contributed by atoms with Gasteiger partial charge in [-0.05, 0) is 56.0 Å². The van der Waals surface area contributed by atoms with E-state index in [1.807, 2.05) is 30.3 Å². The summed E-state index contributed by atoms with van der Waals surface area (Å²) in [5.74, 6) is -0.564. The van der Waals surface area contributed by atoms with Crippen molar-refractivity contribution in [3.05, 3.63) is 65.5 Å². The lowest BCUT2D eigenvalue weighted by Gasteiger charge is -2.38. The number of likely N-dealkylation sites (tertiary alicyclic amines) is 1. The molecule has 3 heterocycles. The Kier molecular flexibility index (Phi) is 6.64. The first kappa shape index (κ1) is 24.4. The van der Waals surface area contributed by atoms with Crippen LogP contribution >= 0.6 is 0 Å². The number of carbonyl (C=O) groups excluding carboxylic acids is 2. The molecule has 10 heteroatoms. The molecule has 2 aromatic rings. The van der Waals surface area contributed by atoms with Gasteiger partial charge in [0.2, 0.25) is 5.91 Å². The number of hydrogen-bond donors (Lipinski definition) is 1. The molecule has 0 unspecified atom stereocenters. The fraction of sp³-hybridized carbons (Fsp3) is 0.360. The van der Waals surface area contributed by atoms with Crippen molar-refractivity contribution in [1.82, 2.24) is 9.88 Å². The largest absolute Gasteiger partial charge is 0.416 e. The maximum Gasteiger partial charge on any atom is 0.416 e. The lowest BCUT2D eigenvalue weighted by molar-refractivity contribution is -0.137. The van der Waals surface area contributed by atoms with Crippen LogP contribution in [-0.4, -0.2) is 47.5 Å². The zero-order valence-electron chi connectivity index (χ0n) is 19.3. The molecule has 1 aromatic heterocycles. The van der Waals surface area contributed by atoms with E-state index in [0.717, 1.165) is 24.0 Å². The highest BCUT2D eigenvalue weighted by molar-refractivity contribution is 6.01. The maximum atomic E-state index is 13.2. The number of hydrogen-bond acceptors (Lipinski definition) is 5. The topological polar surface area (TPSA) is 91.9 Å². The number of halogens is 3. The minimum Gasteiger partial charge on any atom is -0.394 e. The van der Waals surface area contributed by atoms with Crippen molar-refractivity contribution in [2.45, 2.75) is 32.4 Å². The summed E-state index contributed by atoms with van der Waals surface area (Å²) in [5.41, 5.74) is 5.91. The van der Waals surface area contributed by atoms with Gasteiger partial charge in [-0.2, -0.15) is 13.2 Å². The van der Waals surface area contributed by atoms with Crippen molar-refractivity contribution in [2.75, 3.05) is 24.5 Å². The number of aromatic nitrogens is 1. The van der Waals surface area contributed by atoms with Gasteiger partial charge in [-0.25, -0.2) is 4.98 Å². The Hall–Kier alpha value is -3.69. The van der Waals surface area contributed by atoms with E-state index in [4.69, 9.17) is 5.73 Å². The van der Waals surface area contributed by atoms with Gasteiger partial charge in [0.15, 0.2) is 0 Å². The number of pyridine rings is 1. The van der Waals surface area contributed by atoms with E-state index in [1.54, 1.807) is 18.0 Å². The minimum atomic E-state index is -4.51. The molecular formula is C25H26F3N5O2. The Bertz CT molecular complexity index is 1170. The average Bonchev–Trinajstić information content (AvgIpc) is 3.17. The SMILES string of the molecule is CC(C=Nc1ccccc1)=C(N)C(=O)N1CCC2(CC1)CCN(c1cc(C(F)(F)F)ccn1)C2=O. The molecule has 2 saturated heterocycles. The fourth-order valence-electron chi connectivity index (χ4n) is 4.48. The van der Waals surface area contributed by atoms with Crippen molar-refractivity contribution in [2.24, 2.45) is 16.1 Å². The van der Waals surface area contributed by atoms with Gasteiger partial charge in [0.1, 0.15) is 11.5 Å². The van der Waals surface area contributed by atoms with Gasteiger partial charge >= 0.3 is 6.18 Å². The van der Waals surface area contributed by atoms with Crippen LogP contribution in [0.15, 0.2) is 64.9 Å². The van der Waals surface area contributed by atoms with Gasteiger partial charge in [-0.3, -0.25) is 19.5 Å². The standard InChI is InChI=1S/C25H26F3N5O2/c1-17(16-31-19-5-3-2-4-6-19)21(29)22(34)32-12-8-24(9-13-32)10-14-33(23(24)35)20-15-18(7-11-30-20)25(26,27)28/h2-7,11,15-16H,8-10,12-14,29H2,1H3. The number of allylic oxidation sites excluding steroid dienone is 1. The highest BCUT2D eigenvalue weighted by atomic mass is 19.4. The van der Waals surface area contributed by atoms with E-state index in [0.29, 0.717) is 37.9 Å². The molecule has 0 saturated carbocycles. The number of nitrogens with zero attached hydrogens (tertiary/aromatic N) is 4. The highest BCUT2D eigenvalue weighted by Crippen LogP contribution is 2.43. The number of para-hydroxylation sites is 1. The number of rotatable bonds is 4. The van der Waals surface area contributed by atoms with Gasteiger partial charge < -0.3 is 10.6 Å². The predicted octanol–water partition coefficient (Wildman–Crippen LogP) is 4.08. The summed E-state index contributed by atoms with van der Waals surface area (Å²) in [7, 11) is 0. The number of aliphatic imine (C=N–C) groups is 1. The molecule has 2 fully saturated rings. The van der Waals surface area contributed by atoms with Gasteiger partial charge in [0.25, 0.3) is 5.91 Å². The second-order valence-corrected chi connectivity index (χ2v) is 8.87. The number of piperidine rings is 1. The molecule has 0 bridgehead atoms. The number of anilines is 1. The molecule has 184 valence electrons. The Labute approximate surface area is 201 Å². The Morgan fingerprint density at radius 2 is 1.77 bits per heavy atom. The van der Waals surface area contributed by atoms with Crippen LogP contribution in [0.3, 0.4) is 0 Å². The van der Waals surface area contributed by atoms with E-state index in [9.17, 15) is 22.8 Å². The van der Waals surface area contributed by atoms with Crippen LogP contribution < -0.4 is 10.6 Å². The third-order valence-corrected chi connectivity index (χ3v) is 6.69. The normalized spacial score (nSPS) is 18.9. The number of alkyl halides is 3. The first-order valence-electron chi connectivity index (χ1n) is 11.3.